The highest BCUT2D eigenvalue weighted by Crippen LogP contribution is 2.43. The second kappa shape index (κ2) is 10.2. The molecule has 39 heavy (non-hydrogen) atoms. The van der Waals surface area contributed by atoms with Crippen LogP contribution in [0.1, 0.15) is 42.4 Å². The van der Waals surface area contributed by atoms with E-state index in [4.69, 9.17) is 18.9 Å². The maximum Gasteiger partial charge on any atom is 0.355 e. The quantitative estimate of drug-likeness (QED) is 0.213. The van der Waals surface area contributed by atoms with E-state index in [0.29, 0.717) is 30.3 Å². The fourth-order valence-electron chi connectivity index (χ4n) is 5.18. The molecule has 3 aromatic carbocycles. The smallest absolute Gasteiger partial charge is 0.355 e. The fourth-order valence-corrected chi connectivity index (χ4v) is 5.70. The molecule has 0 unspecified atom stereocenters. The van der Waals surface area contributed by atoms with Gasteiger partial charge in [0.05, 0.1) is 43.7 Å². The van der Waals surface area contributed by atoms with Crippen molar-refractivity contribution in [3.8, 4) is 28.4 Å². The van der Waals surface area contributed by atoms with Crippen molar-refractivity contribution in [3.63, 3.8) is 0 Å². The zero-order valence-electron chi connectivity index (χ0n) is 22.3. The molecule has 0 aliphatic carbocycles. The predicted octanol–water partition coefficient (Wildman–Crippen LogP) is 6.27. The number of nitrogens with zero attached hydrogens (tertiary/aromatic N) is 3. The Morgan fingerprint density at radius 3 is 2.72 bits per heavy atom. The molecule has 0 fully saturated rings. The van der Waals surface area contributed by atoms with Crippen molar-refractivity contribution in [1.82, 2.24) is 13.3 Å². The third-order valence-electron chi connectivity index (χ3n) is 6.82. The predicted molar refractivity (Wildman–Crippen MR) is 151 cm³/mol. The lowest BCUT2D eigenvalue weighted by molar-refractivity contribution is 0.0516. The summed E-state index contributed by atoms with van der Waals surface area (Å²) in [5, 5.41) is 0.876. The van der Waals surface area contributed by atoms with Crippen molar-refractivity contribution in [2.24, 2.45) is 0 Å². The van der Waals surface area contributed by atoms with E-state index in [1.165, 1.54) is 11.7 Å². The van der Waals surface area contributed by atoms with Crippen molar-refractivity contribution in [1.29, 1.82) is 0 Å². The van der Waals surface area contributed by atoms with Crippen molar-refractivity contribution in [2.45, 2.75) is 39.8 Å². The van der Waals surface area contributed by atoms with Crippen LogP contribution in [-0.4, -0.2) is 45.7 Å². The van der Waals surface area contributed by atoms with Gasteiger partial charge in [-0.15, -0.1) is 0 Å². The molecule has 0 saturated heterocycles. The normalized spacial score (nSPS) is 12.6. The Balaban J connectivity index is 1.64. The molecule has 0 saturated carbocycles. The fraction of sp³-hybridized carbons (Fsp3) is 0.300. The van der Waals surface area contributed by atoms with Crippen LogP contribution in [-0.2, 0) is 17.7 Å². The molecule has 9 heteroatoms. The van der Waals surface area contributed by atoms with E-state index in [2.05, 4.69) is 14.8 Å². The number of rotatable bonds is 8. The minimum absolute atomic E-state index is 0.0555. The Labute approximate surface area is 230 Å². The first kappa shape index (κ1) is 25.2. The molecule has 2 aromatic heterocycles. The van der Waals surface area contributed by atoms with Gasteiger partial charge in [-0.3, -0.25) is 0 Å². The van der Waals surface area contributed by atoms with Crippen LogP contribution in [0.5, 0.6) is 17.2 Å². The van der Waals surface area contributed by atoms with Gasteiger partial charge >= 0.3 is 5.97 Å². The Morgan fingerprint density at radius 2 is 1.92 bits per heavy atom. The van der Waals surface area contributed by atoms with Gasteiger partial charge in [0.1, 0.15) is 22.5 Å². The van der Waals surface area contributed by atoms with Gasteiger partial charge in [-0.25, -0.2) is 4.79 Å². The average Bonchev–Trinajstić information content (AvgIpc) is 3.65. The maximum absolute atomic E-state index is 13.7. The number of benzene rings is 3. The minimum atomic E-state index is -0.387. The number of hydrogen-bond acceptors (Lipinski definition) is 8. The van der Waals surface area contributed by atoms with Crippen molar-refractivity contribution >= 4 is 39.6 Å². The van der Waals surface area contributed by atoms with E-state index in [1.807, 2.05) is 67.8 Å². The minimum Gasteiger partial charge on any atom is -0.493 e. The zero-order valence-corrected chi connectivity index (χ0v) is 23.1. The molecule has 8 nitrogen and oxygen atoms in total. The van der Waals surface area contributed by atoms with Crippen molar-refractivity contribution < 1.29 is 23.7 Å². The van der Waals surface area contributed by atoms with Crippen LogP contribution in [0.15, 0.2) is 48.5 Å². The Hall–Kier alpha value is -4.11. The third-order valence-corrected chi connectivity index (χ3v) is 7.37. The topological polar surface area (TPSA) is 84.7 Å². The van der Waals surface area contributed by atoms with Crippen LogP contribution in [0, 0.1) is 0 Å². The van der Waals surface area contributed by atoms with Gasteiger partial charge in [0.25, 0.3) is 0 Å². The molecule has 1 aliphatic rings. The van der Waals surface area contributed by atoms with E-state index in [-0.39, 0.29) is 18.7 Å². The summed E-state index contributed by atoms with van der Waals surface area (Å²) in [4.78, 5) is 13.7. The lowest BCUT2D eigenvalue weighted by Gasteiger charge is -2.15. The Bertz CT molecular complexity index is 1700. The summed E-state index contributed by atoms with van der Waals surface area (Å²) in [7, 11) is 1.63. The summed E-state index contributed by atoms with van der Waals surface area (Å²) < 4.78 is 34.0. The van der Waals surface area contributed by atoms with Crippen LogP contribution >= 0.6 is 11.7 Å². The largest absolute Gasteiger partial charge is 0.493 e. The van der Waals surface area contributed by atoms with Gasteiger partial charge in [-0.1, -0.05) is 12.1 Å². The van der Waals surface area contributed by atoms with Crippen LogP contribution < -0.4 is 14.2 Å². The number of ether oxygens (including phenoxy) is 4. The van der Waals surface area contributed by atoms with Gasteiger partial charge < -0.3 is 23.5 Å². The number of methoxy groups -OCH3 is 1. The summed E-state index contributed by atoms with van der Waals surface area (Å²) in [5.74, 6) is 1.71. The number of hydrogen-bond donors (Lipinski definition) is 0. The standard InChI is InChI=1S/C30H29N3O5S/c1-5-36-30(34)29-28(20-7-9-25-19(13-20)10-11-37-25)21-14-26(35-4)27(38-17(2)3)15-24(21)33(29)16-18-6-8-22-23(12-18)32-39-31-22/h6-9,12-15,17H,5,10-11,16H2,1-4H3. The molecular weight excluding hydrogens is 514 g/mol. The summed E-state index contributed by atoms with van der Waals surface area (Å²) in [5.41, 5.74) is 6.84. The third kappa shape index (κ3) is 4.57. The number of carbonyl (C=O) groups is 1. The molecule has 1 aliphatic heterocycles. The highest BCUT2D eigenvalue weighted by Gasteiger charge is 2.28. The molecule has 200 valence electrons. The summed E-state index contributed by atoms with van der Waals surface area (Å²) >= 11 is 1.19. The van der Waals surface area contributed by atoms with Gasteiger partial charge in [-0.05, 0) is 67.8 Å². The van der Waals surface area contributed by atoms with Crippen LogP contribution in [0.3, 0.4) is 0 Å². The molecule has 5 aromatic rings. The molecule has 0 bridgehead atoms. The second-order valence-corrected chi connectivity index (χ2v) is 10.3. The van der Waals surface area contributed by atoms with Crippen LogP contribution in [0.2, 0.25) is 0 Å². The number of esters is 1. The molecule has 0 spiro atoms. The molecule has 0 radical (unpaired) electrons. The van der Waals surface area contributed by atoms with E-state index in [0.717, 1.165) is 56.4 Å². The number of aromatic nitrogens is 3. The van der Waals surface area contributed by atoms with E-state index in [9.17, 15) is 4.79 Å². The van der Waals surface area contributed by atoms with Gasteiger partial charge in [0.2, 0.25) is 0 Å². The van der Waals surface area contributed by atoms with E-state index >= 15 is 0 Å². The molecule has 0 amide bonds. The first-order chi connectivity index (χ1) is 19.0. The monoisotopic (exact) mass is 543 g/mol. The molecule has 3 heterocycles. The van der Waals surface area contributed by atoms with Crippen molar-refractivity contribution in [3.05, 3.63) is 65.4 Å². The van der Waals surface area contributed by atoms with Gasteiger partial charge in [0, 0.05) is 30.0 Å². The number of fused-ring (bicyclic) bond motifs is 3. The average molecular weight is 544 g/mol. The highest BCUT2D eigenvalue weighted by molar-refractivity contribution is 7.00. The Morgan fingerprint density at radius 1 is 1.08 bits per heavy atom. The van der Waals surface area contributed by atoms with Crippen LogP contribution in [0.25, 0.3) is 33.1 Å². The molecule has 0 atom stereocenters. The second-order valence-electron chi connectivity index (χ2n) is 9.73. The first-order valence-electron chi connectivity index (χ1n) is 13.0. The summed E-state index contributed by atoms with van der Waals surface area (Å²) in [6.07, 6.45) is 0.772. The lowest BCUT2D eigenvalue weighted by Crippen LogP contribution is -2.14. The van der Waals surface area contributed by atoms with Gasteiger partial charge in [-0.2, -0.15) is 8.75 Å². The van der Waals surface area contributed by atoms with Crippen LogP contribution in [0.4, 0.5) is 0 Å². The van der Waals surface area contributed by atoms with E-state index in [1.54, 1.807) is 7.11 Å². The molecule has 0 N–H and O–H groups in total. The highest BCUT2D eigenvalue weighted by atomic mass is 32.1. The summed E-state index contributed by atoms with van der Waals surface area (Å²) in [6.45, 7) is 7.11. The molecule has 6 rings (SSSR count). The molecular formula is C30H29N3O5S. The lowest BCUT2D eigenvalue weighted by atomic mass is 9.98. The maximum atomic E-state index is 13.7. The zero-order chi connectivity index (χ0) is 27.1. The Kier molecular flexibility index (Phi) is 6.60. The van der Waals surface area contributed by atoms with Crippen molar-refractivity contribution in [2.75, 3.05) is 20.3 Å². The van der Waals surface area contributed by atoms with Gasteiger partial charge in [0.15, 0.2) is 11.5 Å². The first-order valence-corrected chi connectivity index (χ1v) is 13.7. The van der Waals surface area contributed by atoms with E-state index < -0.39 is 0 Å². The summed E-state index contributed by atoms with van der Waals surface area (Å²) in [6, 6.07) is 16.0. The number of carbonyl (C=O) groups excluding carboxylic acids is 1. The SMILES string of the molecule is CCOC(=O)c1c(-c2ccc3c(c2)CCO3)c2cc(OC)c(OC(C)C)cc2n1Cc1ccc2nsnc2c1.